The van der Waals surface area contributed by atoms with E-state index in [9.17, 15) is 0 Å². The summed E-state index contributed by atoms with van der Waals surface area (Å²) >= 11 is 5.81. The van der Waals surface area contributed by atoms with Crippen molar-refractivity contribution in [2.45, 2.75) is 18.9 Å². The van der Waals surface area contributed by atoms with Crippen molar-refractivity contribution in [1.29, 1.82) is 0 Å². The first-order chi connectivity index (χ1) is 13.2. The Morgan fingerprint density at radius 1 is 1.22 bits per heavy atom. The maximum Gasteiger partial charge on any atom is 0.213 e. The smallest absolute Gasteiger partial charge is 0.213 e. The van der Waals surface area contributed by atoms with Crippen LogP contribution in [-0.2, 0) is 0 Å². The zero-order valence-corrected chi connectivity index (χ0v) is 16.2. The fraction of sp³-hybridized carbons (Fsp3) is 0.400. The SMILES string of the molecule is CN=C(NCCOc1ccc(Cl)cn1)N1CCC(Oc2ccccc2)CC1. The van der Waals surface area contributed by atoms with Gasteiger partial charge in [0, 0.05) is 45.2 Å². The highest BCUT2D eigenvalue weighted by Crippen LogP contribution is 2.18. The Bertz CT molecular complexity index is 717. The fourth-order valence-electron chi connectivity index (χ4n) is 2.98. The second kappa shape index (κ2) is 10.0. The molecule has 2 aromatic rings. The van der Waals surface area contributed by atoms with Crippen LogP contribution in [0.5, 0.6) is 11.6 Å². The Hall–Kier alpha value is -2.47. The van der Waals surface area contributed by atoms with Crippen LogP contribution in [0, 0.1) is 0 Å². The van der Waals surface area contributed by atoms with E-state index < -0.39 is 0 Å². The Morgan fingerprint density at radius 3 is 2.67 bits per heavy atom. The Labute approximate surface area is 165 Å². The van der Waals surface area contributed by atoms with Crippen molar-refractivity contribution in [1.82, 2.24) is 15.2 Å². The predicted octanol–water partition coefficient (Wildman–Crippen LogP) is 3.23. The van der Waals surface area contributed by atoms with Gasteiger partial charge in [-0.25, -0.2) is 4.98 Å². The van der Waals surface area contributed by atoms with Crippen molar-refractivity contribution in [3.05, 3.63) is 53.7 Å². The molecule has 0 spiro atoms. The number of benzene rings is 1. The van der Waals surface area contributed by atoms with E-state index in [2.05, 4.69) is 20.2 Å². The lowest BCUT2D eigenvalue weighted by Gasteiger charge is -2.34. The number of halogens is 1. The fourth-order valence-corrected chi connectivity index (χ4v) is 3.09. The van der Waals surface area contributed by atoms with Crippen LogP contribution in [0.3, 0.4) is 0 Å². The standard InChI is InChI=1S/C20H25ClN4O2/c1-22-20(23-11-14-26-19-8-7-16(21)15-24-19)25-12-9-18(10-13-25)27-17-5-3-2-4-6-17/h2-8,15,18H,9-14H2,1H3,(H,22,23). The molecule has 1 aromatic carbocycles. The predicted molar refractivity (Wildman–Crippen MR) is 108 cm³/mol. The Kier molecular flexibility index (Phi) is 7.16. The van der Waals surface area contributed by atoms with Crippen LogP contribution >= 0.6 is 11.6 Å². The quantitative estimate of drug-likeness (QED) is 0.467. The summed E-state index contributed by atoms with van der Waals surface area (Å²) in [7, 11) is 1.80. The van der Waals surface area contributed by atoms with E-state index in [0.29, 0.717) is 24.1 Å². The molecule has 1 aliphatic heterocycles. The van der Waals surface area contributed by atoms with E-state index in [1.807, 2.05) is 30.3 Å². The molecule has 1 fully saturated rings. The number of piperidine rings is 1. The van der Waals surface area contributed by atoms with Gasteiger partial charge in [0.1, 0.15) is 18.5 Å². The van der Waals surface area contributed by atoms with Gasteiger partial charge in [-0.1, -0.05) is 29.8 Å². The number of likely N-dealkylation sites (tertiary alicyclic amines) is 1. The van der Waals surface area contributed by atoms with E-state index >= 15 is 0 Å². The highest BCUT2D eigenvalue weighted by Gasteiger charge is 2.22. The summed E-state index contributed by atoms with van der Waals surface area (Å²) in [6.07, 6.45) is 3.77. The summed E-state index contributed by atoms with van der Waals surface area (Å²) in [5.41, 5.74) is 0. The number of hydrogen-bond acceptors (Lipinski definition) is 4. The highest BCUT2D eigenvalue weighted by atomic mass is 35.5. The van der Waals surface area contributed by atoms with E-state index in [4.69, 9.17) is 21.1 Å². The van der Waals surface area contributed by atoms with Gasteiger partial charge in [-0.3, -0.25) is 4.99 Å². The second-order valence-electron chi connectivity index (χ2n) is 6.25. The molecule has 6 nitrogen and oxygen atoms in total. The molecule has 3 rings (SSSR count). The van der Waals surface area contributed by atoms with Crippen LogP contribution in [0.1, 0.15) is 12.8 Å². The Morgan fingerprint density at radius 2 is 2.00 bits per heavy atom. The molecule has 7 heteroatoms. The van der Waals surface area contributed by atoms with Crippen molar-refractivity contribution >= 4 is 17.6 Å². The van der Waals surface area contributed by atoms with Crippen molar-refractivity contribution in [2.75, 3.05) is 33.3 Å². The lowest BCUT2D eigenvalue weighted by atomic mass is 10.1. The molecule has 0 radical (unpaired) electrons. The number of nitrogens with one attached hydrogen (secondary N) is 1. The number of rotatable bonds is 6. The summed E-state index contributed by atoms with van der Waals surface area (Å²) in [6, 6.07) is 13.5. The second-order valence-corrected chi connectivity index (χ2v) is 6.69. The minimum absolute atomic E-state index is 0.251. The molecule has 1 N–H and O–H groups in total. The van der Waals surface area contributed by atoms with E-state index in [1.54, 1.807) is 25.4 Å². The number of aromatic nitrogens is 1. The van der Waals surface area contributed by atoms with Crippen molar-refractivity contribution in [3.63, 3.8) is 0 Å². The summed E-state index contributed by atoms with van der Waals surface area (Å²) in [4.78, 5) is 10.7. The summed E-state index contributed by atoms with van der Waals surface area (Å²) in [5, 5.41) is 3.94. The number of para-hydroxylation sites is 1. The summed E-state index contributed by atoms with van der Waals surface area (Å²) in [5.74, 6) is 2.39. The third-order valence-corrected chi connectivity index (χ3v) is 4.56. The minimum Gasteiger partial charge on any atom is -0.490 e. The minimum atomic E-state index is 0.251. The van der Waals surface area contributed by atoms with Gasteiger partial charge in [-0.05, 0) is 18.2 Å². The van der Waals surface area contributed by atoms with Crippen LogP contribution in [0.2, 0.25) is 5.02 Å². The topological polar surface area (TPSA) is 59.0 Å². The van der Waals surface area contributed by atoms with Gasteiger partial charge in [-0.2, -0.15) is 0 Å². The van der Waals surface area contributed by atoms with E-state index in [0.717, 1.165) is 37.6 Å². The molecule has 1 aliphatic rings. The molecule has 0 bridgehead atoms. The van der Waals surface area contributed by atoms with Crippen LogP contribution in [0.15, 0.2) is 53.7 Å². The molecular formula is C20H25ClN4O2. The van der Waals surface area contributed by atoms with Gasteiger partial charge in [0.25, 0.3) is 0 Å². The number of ether oxygens (including phenoxy) is 2. The van der Waals surface area contributed by atoms with Gasteiger partial charge in [-0.15, -0.1) is 0 Å². The van der Waals surface area contributed by atoms with Gasteiger partial charge in [0.15, 0.2) is 5.96 Å². The number of nitrogens with zero attached hydrogens (tertiary/aromatic N) is 3. The maximum absolute atomic E-state index is 6.05. The summed E-state index contributed by atoms with van der Waals surface area (Å²) in [6.45, 7) is 2.98. The zero-order chi connectivity index (χ0) is 18.9. The monoisotopic (exact) mass is 388 g/mol. The van der Waals surface area contributed by atoms with Gasteiger partial charge in [0.2, 0.25) is 5.88 Å². The van der Waals surface area contributed by atoms with Gasteiger partial charge in [0.05, 0.1) is 11.6 Å². The first kappa shape index (κ1) is 19.3. The third-order valence-electron chi connectivity index (χ3n) is 4.33. The van der Waals surface area contributed by atoms with Gasteiger partial charge >= 0.3 is 0 Å². The van der Waals surface area contributed by atoms with Crippen molar-refractivity contribution in [3.8, 4) is 11.6 Å². The van der Waals surface area contributed by atoms with Crippen LogP contribution in [0.25, 0.3) is 0 Å². The largest absolute Gasteiger partial charge is 0.490 e. The molecule has 0 unspecified atom stereocenters. The van der Waals surface area contributed by atoms with Gasteiger partial charge < -0.3 is 19.7 Å². The third kappa shape index (κ3) is 6.03. The first-order valence-corrected chi connectivity index (χ1v) is 9.54. The molecule has 1 saturated heterocycles. The maximum atomic E-state index is 6.05. The molecule has 0 amide bonds. The average Bonchev–Trinajstić information content (AvgIpc) is 2.71. The average molecular weight is 389 g/mol. The zero-order valence-electron chi connectivity index (χ0n) is 15.5. The Balaban J connectivity index is 1.38. The van der Waals surface area contributed by atoms with E-state index in [-0.39, 0.29) is 6.10 Å². The normalized spacial score (nSPS) is 15.5. The first-order valence-electron chi connectivity index (χ1n) is 9.16. The van der Waals surface area contributed by atoms with Crippen LogP contribution < -0.4 is 14.8 Å². The van der Waals surface area contributed by atoms with E-state index in [1.165, 1.54) is 0 Å². The highest BCUT2D eigenvalue weighted by molar-refractivity contribution is 6.30. The van der Waals surface area contributed by atoms with Crippen molar-refractivity contribution < 1.29 is 9.47 Å². The number of guanidine groups is 1. The molecule has 2 heterocycles. The number of aliphatic imine (C=N–C) groups is 1. The lowest BCUT2D eigenvalue weighted by Crippen LogP contribution is -2.48. The number of pyridine rings is 1. The van der Waals surface area contributed by atoms with Crippen LogP contribution in [0.4, 0.5) is 0 Å². The molecule has 0 saturated carbocycles. The molecule has 0 atom stereocenters. The molecule has 27 heavy (non-hydrogen) atoms. The summed E-state index contributed by atoms with van der Waals surface area (Å²) < 4.78 is 11.7. The number of hydrogen-bond donors (Lipinski definition) is 1. The van der Waals surface area contributed by atoms with Crippen molar-refractivity contribution in [2.24, 2.45) is 4.99 Å². The van der Waals surface area contributed by atoms with Crippen LogP contribution in [-0.4, -0.2) is 55.2 Å². The lowest BCUT2D eigenvalue weighted by molar-refractivity contribution is 0.129. The molecule has 0 aliphatic carbocycles. The molecule has 1 aromatic heterocycles. The molecular weight excluding hydrogens is 364 g/mol. The molecule has 144 valence electrons.